The molecule has 1 aromatic rings. The lowest BCUT2D eigenvalue weighted by Gasteiger charge is -2.37. The lowest BCUT2D eigenvalue weighted by molar-refractivity contribution is -0.0450. The molecule has 1 aromatic carbocycles. The van der Waals surface area contributed by atoms with Gasteiger partial charge in [-0.05, 0) is 30.9 Å². The van der Waals surface area contributed by atoms with E-state index in [1.807, 2.05) is 0 Å². The molecule has 1 unspecified atom stereocenters. The largest absolute Gasteiger partial charge is 0.396 e. The highest BCUT2D eigenvalue weighted by Gasteiger charge is 2.43. The van der Waals surface area contributed by atoms with E-state index < -0.39 is 11.7 Å². The van der Waals surface area contributed by atoms with Gasteiger partial charge in [-0.25, -0.2) is 4.39 Å². The first-order valence-corrected chi connectivity index (χ1v) is 7.47. The van der Waals surface area contributed by atoms with Crippen molar-refractivity contribution in [2.75, 3.05) is 19.8 Å². The number of carbonyl (C=O) groups is 1. The number of aliphatic hydroxyl groups is 1. The van der Waals surface area contributed by atoms with Gasteiger partial charge in [0.15, 0.2) is 0 Å². The molecule has 114 valence electrons. The summed E-state index contributed by atoms with van der Waals surface area (Å²) < 4.78 is 19.6. The Labute approximate surface area is 127 Å². The van der Waals surface area contributed by atoms with Gasteiger partial charge in [0.25, 0.3) is 5.91 Å². The van der Waals surface area contributed by atoms with Crippen molar-refractivity contribution < 1.29 is 19.0 Å². The maximum absolute atomic E-state index is 13.9. The maximum atomic E-state index is 13.9. The number of halogens is 2. The van der Waals surface area contributed by atoms with Crippen LogP contribution in [0, 0.1) is 11.7 Å². The van der Waals surface area contributed by atoms with Crippen LogP contribution in [0.4, 0.5) is 4.39 Å². The van der Waals surface area contributed by atoms with Gasteiger partial charge in [0, 0.05) is 13.2 Å². The molecule has 2 fully saturated rings. The maximum Gasteiger partial charge on any atom is 0.258 e. The molecule has 3 rings (SSSR count). The summed E-state index contributed by atoms with van der Waals surface area (Å²) in [6.07, 6.45) is 1.33. The lowest BCUT2D eigenvalue weighted by atomic mass is 10.1. The third-order valence-electron chi connectivity index (χ3n) is 4.33. The molecule has 0 bridgehead atoms. The Morgan fingerprint density at radius 3 is 3.00 bits per heavy atom. The average Bonchev–Trinajstić information content (AvgIpc) is 2.89. The molecular formula is C15H17ClFNO3. The number of benzene rings is 1. The number of carbonyl (C=O) groups excluding carboxylic acids is 1. The molecule has 0 radical (unpaired) electrons. The predicted octanol–water partition coefficient (Wildman–Crippen LogP) is 2.09. The molecule has 1 saturated carbocycles. The van der Waals surface area contributed by atoms with Crippen LogP contribution in [0.5, 0.6) is 0 Å². The summed E-state index contributed by atoms with van der Waals surface area (Å²) in [5.74, 6) is -0.869. The topological polar surface area (TPSA) is 49.8 Å². The molecule has 0 aromatic heterocycles. The smallest absolute Gasteiger partial charge is 0.258 e. The first-order chi connectivity index (χ1) is 10.1. The van der Waals surface area contributed by atoms with Crippen molar-refractivity contribution in [3.05, 3.63) is 34.6 Å². The standard InChI is InChI=1S/C15H17ClFNO3/c16-10-2-1-3-11(17)14(10)15(20)18-4-5-21-13-7-9(8-19)6-12(13)18/h1-3,9,12-13,19H,4-8H2/t9-,12+,13?/m1/s1. The molecule has 1 aliphatic carbocycles. The van der Waals surface area contributed by atoms with Crippen molar-refractivity contribution in [1.82, 2.24) is 4.90 Å². The molecule has 1 saturated heterocycles. The fourth-order valence-electron chi connectivity index (χ4n) is 3.30. The minimum atomic E-state index is -0.604. The Morgan fingerprint density at radius 1 is 1.48 bits per heavy atom. The van der Waals surface area contributed by atoms with E-state index in [0.717, 1.165) is 6.42 Å². The van der Waals surface area contributed by atoms with Gasteiger partial charge in [0.1, 0.15) is 5.82 Å². The van der Waals surface area contributed by atoms with Crippen molar-refractivity contribution in [1.29, 1.82) is 0 Å². The van der Waals surface area contributed by atoms with Crippen molar-refractivity contribution in [2.45, 2.75) is 25.0 Å². The van der Waals surface area contributed by atoms with Gasteiger partial charge < -0.3 is 14.7 Å². The van der Waals surface area contributed by atoms with Gasteiger partial charge in [-0.2, -0.15) is 0 Å². The van der Waals surface area contributed by atoms with Crippen LogP contribution in [0.1, 0.15) is 23.2 Å². The second-order valence-corrected chi connectivity index (χ2v) is 6.00. The molecule has 4 nitrogen and oxygen atoms in total. The highest BCUT2D eigenvalue weighted by Crippen LogP contribution is 2.35. The summed E-state index contributed by atoms with van der Waals surface area (Å²) in [4.78, 5) is 14.3. The number of aliphatic hydroxyl groups excluding tert-OH is 1. The van der Waals surface area contributed by atoms with E-state index in [1.54, 1.807) is 4.90 Å². The van der Waals surface area contributed by atoms with Crippen molar-refractivity contribution in [2.24, 2.45) is 5.92 Å². The number of fused-ring (bicyclic) bond motifs is 1. The van der Waals surface area contributed by atoms with Gasteiger partial charge in [-0.15, -0.1) is 0 Å². The number of nitrogens with zero attached hydrogens (tertiary/aromatic N) is 1. The zero-order valence-corrected chi connectivity index (χ0v) is 12.2. The fourth-order valence-corrected chi connectivity index (χ4v) is 3.54. The van der Waals surface area contributed by atoms with E-state index in [4.69, 9.17) is 16.3 Å². The average molecular weight is 314 g/mol. The summed E-state index contributed by atoms with van der Waals surface area (Å²) in [7, 11) is 0. The summed E-state index contributed by atoms with van der Waals surface area (Å²) >= 11 is 5.98. The Morgan fingerprint density at radius 2 is 2.29 bits per heavy atom. The monoisotopic (exact) mass is 313 g/mol. The van der Waals surface area contributed by atoms with E-state index in [1.165, 1.54) is 18.2 Å². The molecular weight excluding hydrogens is 297 g/mol. The number of morpholine rings is 1. The number of hydrogen-bond acceptors (Lipinski definition) is 3. The van der Waals surface area contributed by atoms with Crippen molar-refractivity contribution in [3.63, 3.8) is 0 Å². The molecule has 1 amide bonds. The molecule has 0 spiro atoms. The Kier molecular flexibility index (Phi) is 4.15. The summed E-state index contributed by atoms with van der Waals surface area (Å²) in [5, 5.41) is 9.43. The first kappa shape index (κ1) is 14.8. The van der Waals surface area contributed by atoms with Crippen molar-refractivity contribution >= 4 is 17.5 Å². The quantitative estimate of drug-likeness (QED) is 0.909. The number of hydrogen-bond donors (Lipinski definition) is 1. The Balaban J connectivity index is 1.87. The van der Waals surface area contributed by atoms with Gasteiger partial charge in [-0.3, -0.25) is 4.79 Å². The van der Waals surface area contributed by atoms with Crippen LogP contribution in [-0.2, 0) is 4.74 Å². The summed E-state index contributed by atoms with van der Waals surface area (Å²) in [6, 6.07) is 4.12. The highest BCUT2D eigenvalue weighted by atomic mass is 35.5. The third-order valence-corrected chi connectivity index (χ3v) is 4.64. The zero-order valence-electron chi connectivity index (χ0n) is 11.5. The summed E-state index contributed by atoms with van der Waals surface area (Å²) in [6.45, 7) is 0.929. The van der Waals surface area contributed by atoms with Gasteiger partial charge in [0.05, 0.1) is 29.3 Å². The minimum absolute atomic E-state index is 0.0766. The van der Waals surface area contributed by atoms with Crippen molar-refractivity contribution in [3.8, 4) is 0 Å². The van der Waals surface area contributed by atoms with E-state index in [0.29, 0.717) is 19.6 Å². The van der Waals surface area contributed by atoms with Crippen LogP contribution in [-0.4, -0.2) is 47.8 Å². The van der Waals surface area contributed by atoms with E-state index >= 15 is 0 Å². The SMILES string of the molecule is O=C(c1c(F)cccc1Cl)N1CCOC2C[C@H](CO)C[C@@H]21. The molecule has 1 N–H and O–H groups in total. The highest BCUT2D eigenvalue weighted by molar-refractivity contribution is 6.33. The molecule has 21 heavy (non-hydrogen) atoms. The predicted molar refractivity (Wildman–Crippen MR) is 75.8 cm³/mol. The van der Waals surface area contributed by atoms with Crippen LogP contribution < -0.4 is 0 Å². The molecule has 1 heterocycles. The number of rotatable bonds is 2. The van der Waals surface area contributed by atoms with Crippen LogP contribution in [0.15, 0.2) is 18.2 Å². The second kappa shape index (κ2) is 5.91. The van der Waals surface area contributed by atoms with Gasteiger partial charge >= 0.3 is 0 Å². The van der Waals surface area contributed by atoms with Crippen LogP contribution in [0.3, 0.4) is 0 Å². The summed E-state index contributed by atoms with van der Waals surface area (Å²) in [5.41, 5.74) is -0.0766. The fraction of sp³-hybridized carbons (Fsp3) is 0.533. The lowest BCUT2D eigenvalue weighted by Crippen LogP contribution is -2.51. The minimum Gasteiger partial charge on any atom is -0.396 e. The normalized spacial score (nSPS) is 28.5. The van der Waals surface area contributed by atoms with E-state index in [9.17, 15) is 14.3 Å². The molecule has 6 heteroatoms. The molecule has 1 aliphatic heterocycles. The van der Waals surface area contributed by atoms with Gasteiger partial charge in [-0.1, -0.05) is 17.7 Å². The second-order valence-electron chi connectivity index (χ2n) is 5.59. The number of amides is 1. The molecule has 3 atom stereocenters. The first-order valence-electron chi connectivity index (χ1n) is 7.09. The number of ether oxygens (including phenoxy) is 1. The van der Waals surface area contributed by atoms with E-state index in [2.05, 4.69) is 0 Å². The van der Waals surface area contributed by atoms with Crippen LogP contribution in [0.2, 0.25) is 5.02 Å². The van der Waals surface area contributed by atoms with Gasteiger partial charge in [0.2, 0.25) is 0 Å². The van der Waals surface area contributed by atoms with Crippen LogP contribution in [0.25, 0.3) is 0 Å². The zero-order chi connectivity index (χ0) is 15.0. The van der Waals surface area contributed by atoms with E-state index in [-0.39, 0.29) is 35.3 Å². The molecule has 2 aliphatic rings. The Bertz CT molecular complexity index is 533. The Hall–Kier alpha value is -1.17. The van der Waals surface area contributed by atoms with Crippen LogP contribution >= 0.6 is 11.6 Å². The third kappa shape index (κ3) is 2.65.